The molecule has 18 heteroatoms. The van der Waals surface area contributed by atoms with Crippen LogP contribution >= 0.6 is 0 Å². The van der Waals surface area contributed by atoms with Gasteiger partial charge in [-0.2, -0.15) is 0 Å². The summed E-state index contributed by atoms with van der Waals surface area (Å²) >= 11 is 0. The van der Waals surface area contributed by atoms with E-state index in [9.17, 15) is 24.0 Å². The fourth-order valence-corrected chi connectivity index (χ4v) is 7.12. The van der Waals surface area contributed by atoms with E-state index in [2.05, 4.69) is 39.2 Å². The molecule has 0 unspecified atom stereocenters. The normalized spacial score (nSPS) is 12.4. The van der Waals surface area contributed by atoms with Crippen molar-refractivity contribution in [1.82, 2.24) is 28.2 Å². The SMILES string of the molecule is C=Nc1cc(OCCCC(=O)Nc2cn(C)c(C(=O)Nc3cc(C(=O)Nc4cc(C(=O)n5ccc6c(N)cccc65)n(C)c4)n(C)c3)n2)c(OC)cc1C(=O)N1CCC(=C)C1. The van der Waals surface area contributed by atoms with Crippen LogP contribution in [0.4, 0.5) is 28.6 Å². The highest BCUT2D eigenvalue weighted by molar-refractivity contribution is 6.08. The van der Waals surface area contributed by atoms with Gasteiger partial charge in [0.2, 0.25) is 11.7 Å². The molecule has 1 aliphatic heterocycles. The fourth-order valence-electron chi connectivity index (χ4n) is 7.12. The van der Waals surface area contributed by atoms with Gasteiger partial charge in [-0.3, -0.25) is 33.5 Å². The maximum Gasteiger partial charge on any atom is 0.291 e. The number of hydrogen-bond donors (Lipinski definition) is 4. The van der Waals surface area contributed by atoms with Crippen LogP contribution in [-0.2, 0) is 25.9 Å². The zero-order valence-corrected chi connectivity index (χ0v) is 34.2. The molecule has 0 spiro atoms. The first kappa shape index (κ1) is 41.3. The van der Waals surface area contributed by atoms with Crippen molar-refractivity contribution in [2.75, 3.05) is 48.5 Å². The van der Waals surface area contributed by atoms with E-state index in [0.717, 1.165) is 17.4 Å². The van der Waals surface area contributed by atoms with Crippen molar-refractivity contribution in [2.45, 2.75) is 19.3 Å². The standard InChI is InChI=1S/C43H45N11O7/c1-25-12-14-53(21-25)42(58)29-19-35(60-6)36(20-31(29)45-2)61-16-8-11-38(55)48-37-24-52(5)39(49-37)41(57)47-26-17-33(50(3)22-26)40(56)46-27-18-34(51(4)23-27)43(59)54-15-13-28-30(44)9-7-10-32(28)54/h7,9-10,13,15,17-20,22-24H,1-2,8,11-12,14,16,21,44H2,3-6H3,(H,46,56)(H,47,57)(H,48,55). The van der Waals surface area contributed by atoms with Crippen molar-refractivity contribution in [2.24, 2.45) is 26.1 Å². The monoisotopic (exact) mass is 827 g/mol. The average molecular weight is 828 g/mol. The van der Waals surface area contributed by atoms with Crippen molar-refractivity contribution in [3.63, 3.8) is 0 Å². The van der Waals surface area contributed by atoms with E-state index in [1.165, 1.54) is 28.5 Å². The van der Waals surface area contributed by atoms with Gasteiger partial charge in [-0.25, -0.2) is 4.98 Å². The molecule has 314 valence electrons. The number of carbonyl (C=O) groups excluding carboxylic acids is 5. The van der Waals surface area contributed by atoms with Crippen molar-refractivity contribution >= 4 is 75.7 Å². The summed E-state index contributed by atoms with van der Waals surface area (Å²) in [7, 11) is 6.45. The number of fused-ring (bicyclic) bond motifs is 1. The molecule has 0 bridgehead atoms. The Morgan fingerprint density at radius 3 is 2.30 bits per heavy atom. The van der Waals surface area contributed by atoms with Crippen LogP contribution in [0, 0.1) is 0 Å². The summed E-state index contributed by atoms with van der Waals surface area (Å²) in [6.45, 7) is 8.79. The Morgan fingerprint density at radius 1 is 0.869 bits per heavy atom. The molecule has 7 rings (SSSR count). The number of aryl methyl sites for hydroxylation is 3. The van der Waals surface area contributed by atoms with Crippen LogP contribution in [0.2, 0.25) is 0 Å². The number of amides is 4. The minimum atomic E-state index is -0.569. The number of hydrogen-bond acceptors (Lipinski definition) is 10. The molecule has 5 N–H and O–H groups in total. The predicted octanol–water partition coefficient (Wildman–Crippen LogP) is 5.37. The number of methoxy groups -OCH3 is 1. The largest absolute Gasteiger partial charge is 0.493 e. The van der Waals surface area contributed by atoms with Crippen LogP contribution in [0.5, 0.6) is 11.5 Å². The highest BCUT2D eigenvalue weighted by Gasteiger charge is 2.26. The van der Waals surface area contributed by atoms with Crippen LogP contribution in [0.15, 0.2) is 90.5 Å². The Labute approximate surface area is 350 Å². The molecule has 18 nitrogen and oxygen atoms in total. The Hall–Kier alpha value is -7.89. The lowest BCUT2D eigenvalue weighted by Gasteiger charge is -2.18. The first-order valence-corrected chi connectivity index (χ1v) is 19.2. The van der Waals surface area contributed by atoms with Gasteiger partial charge in [-0.1, -0.05) is 18.2 Å². The highest BCUT2D eigenvalue weighted by Crippen LogP contribution is 2.36. The van der Waals surface area contributed by atoms with E-state index in [4.69, 9.17) is 15.2 Å². The third kappa shape index (κ3) is 8.63. The second-order valence-electron chi connectivity index (χ2n) is 14.6. The summed E-state index contributed by atoms with van der Waals surface area (Å²) < 4.78 is 17.5. The number of nitrogen functional groups attached to an aromatic ring is 1. The van der Waals surface area contributed by atoms with Crippen molar-refractivity contribution < 1.29 is 33.4 Å². The van der Waals surface area contributed by atoms with Gasteiger partial charge in [0.15, 0.2) is 17.3 Å². The number of benzene rings is 2. The van der Waals surface area contributed by atoms with E-state index < -0.39 is 11.8 Å². The molecule has 0 atom stereocenters. The highest BCUT2D eigenvalue weighted by atomic mass is 16.5. The Kier molecular flexibility index (Phi) is 11.6. The lowest BCUT2D eigenvalue weighted by atomic mass is 10.1. The number of aromatic nitrogens is 5. The van der Waals surface area contributed by atoms with Crippen molar-refractivity contribution in [3.05, 3.63) is 108 Å². The number of aliphatic imine (C=N–C) groups is 1. The van der Waals surface area contributed by atoms with Gasteiger partial charge < -0.3 is 49.8 Å². The summed E-state index contributed by atoms with van der Waals surface area (Å²) in [6.07, 6.45) is 7.54. The summed E-state index contributed by atoms with van der Waals surface area (Å²) in [5, 5.41) is 9.04. The van der Waals surface area contributed by atoms with Gasteiger partial charge >= 0.3 is 0 Å². The Morgan fingerprint density at radius 2 is 1.59 bits per heavy atom. The number of nitrogens with two attached hydrogens (primary N) is 1. The molecule has 4 amide bonds. The summed E-state index contributed by atoms with van der Waals surface area (Å²) in [6, 6.07) is 13.4. The van der Waals surface area contributed by atoms with Crippen molar-refractivity contribution in [3.8, 4) is 11.5 Å². The summed E-state index contributed by atoms with van der Waals surface area (Å²) in [4.78, 5) is 76.1. The lowest BCUT2D eigenvalue weighted by molar-refractivity contribution is -0.116. The minimum Gasteiger partial charge on any atom is -0.493 e. The van der Waals surface area contributed by atoms with Gasteiger partial charge in [0.05, 0.1) is 41.9 Å². The molecular weight excluding hydrogens is 783 g/mol. The summed E-state index contributed by atoms with van der Waals surface area (Å²) in [5.41, 5.74) is 10.3. The molecule has 1 aliphatic rings. The topological polar surface area (TPSA) is 214 Å². The zero-order chi connectivity index (χ0) is 43.5. The molecular formula is C43H45N11O7. The molecule has 61 heavy (non-hydrogen) atoms. The number of nitrogens with one attached hydrogen (secondary N) is 3. The summed E-state index contributed by atoms with van der Waals surface area (Å²) in [5.74, 6) is -0.988. The first-order valence-electron chi connectivity index (χ1n) is 19.2. The van der Waals surface area contributed by atoms with Crippen LogP contribution in [0.3, 0.4) is 0 Å². The second-order valence-corrected chi connectivity index (χ2v) is 14.6. The Balaban J connectivity index is 0.911. The van der Waals surface area contributed by atoms with Crippen molar-refractivity contribution in [1.29, 1.82) is 0 Å². The van der Waals surface area contributed by atoms with Gasteiger partial charge in [0.25, 0.3) is 23.6 Å². The number of likely N-dealkylation sites (tertiary alicyclic amines) is 1. The van der Waals surface area contributed by atoms with Gasteiger partial charge in [-0.05, 0) is 56.0 Å². The smallest absolute Gasteiger partial charge is 0.291 e. The van der Waals surface area contributed by atoms with E-state index in [1.54, 1.807) is 90.2 Å². The number of anilines is 4. The predicted molar refractivity (Wildman–Crippen MR) is 231 cm³/mol. The first-order chi connectivity index (χ1) is 29.2. The number of carbonyl (C=O) groups is 5. The van der Waals surface area contributed by atoms with Gasteiger partial charge in [0, 0.05) is 82.6 Å². The van der Waals surface area contributed by atoms with E-state index >= 15 is 0 Å². The van der Waals surface area contributed by atoms with Crippen LogP contribution < -0.4 is 31.2 Å². The average Bonchev–Trinajstić information content (AvgIpc) is 4.08. The van der Waals surface area contributed by atoms with Crippen LogP contribution in [-0.4, -0.2) is 91.2 Å². The lowest BCUT2D eigenvalue weighted by Crippen LogP contribution is -2.27. The molecule has 4 aromatic heterocycles. The molecule has 6 aromatic rings. The number of rotatable bonds is 14. The number of imidazole rings is 1. The molecule has 0 aliphatic carbocycles. The third-order valence-electron chi connectivity index (χ3n) is 10.2. The molecule has 1 fully saturated rings. The number of ether oxygens (including phenoxy) is 2. The van der Waals surface area contributed by atoms with Gasteiger partial charge in [-0.15, -0.1) is 0 Å². The van der Waals surface area contributed by atoms with Gasteiger partial charge in [0.1, 0.15) is 11.4 Å². The molecule has 0 saturated carbocycles. The fraction of sp³-hybridized carbons (Fsp3) is 0.233. The van der Waals surface area contributed by atoms with E-state index in [-0.39, 0.29) is 48.1 Å². The maximum atomic E-state index is 13.5. The third-order valence-corrected chi connectivity index (χ3v) is 10.2. The molecule has 2 aromatic carbocycles. The van der Waals surface area contributed by atoms with Crippen LogP contribution in [0.1, 0.15) is 61.2 Å². The molecule has 1 saturated heterocycles. The Bertz CT molecular complexity index is 2750. The molecule has 5 heterocycles. The minimum absolute atomic E-state index is 0.0171. The van der Waals surface area contributed by atoms with E-state index in [1.807, 2.05) is 6.07 Å². The van der Waals surface area contributed by atoms with E-state index in [0.29, 0.717) is 70.5 Å². The molecule has 0 radical (unpaired) electrons. The number of nitrogens with zero attached hydrogens (tertiary/aromatic N) is 7. The van der Waals surface area contributed by atoms with Crippen LogP contribution in [0.25, 0.3) is 10.9 Å². The zero-order valence-electron chi connectivity index (χ0n) is 34.2. The second kappa shape index (κ2) is 17.1. The maximum absolute atomic E-state index is 13.5. The quantitative estimate of drug-likeness (QED) is 0.0480.